The molecule has 21 heavy (non-hydrogen) atoms. The minimum absolute atomic E-state index is 0.00440. The van der Waals surface area contributed by atoms with E-state index in [0.29, 0.717) is 5.39 Å². The van der Waals surface area contributed by atoms with Crippen molar-refractivity contribution in [2.24, 2.45) is 0 Å². The Morgan fingerprint density at radius 1 is 1.14 bits per heavy atom. The Labute approximate surface area is 130 Å². The molecule has 0 N–H and O–H groups in total. The molecule has 0 unspecified atom stereocenters. The maximum Gasteiger partial charge on any atom is 0.266 e. The molecule has 4 heteroatoms. The number of fused-ring (bicyclic) bond motifs is 4. The van der Waals surface area contributed by atoms with Crippen LogP contribution in [0.1, 0.15) is 25.2 Å². The lowest BCUT2D eigenvalue weighted by Crippen LogP contribution is -2.25. The number of para-hydroxylation sites is 1. The Hall–Kier alpha value is -1.94. The van der Waals surface area contributed by atoms with Gasteiger partial charge in [-0.3, -0.25) is 9.36 Å². The van der Waals surface area contributed by atoms with Crippen LogP contribution in [0.3, 0.4) is 0 Å². The molecule has 1 aromatic heterocycles. The molecular weight excluding hydrogens is 328 g/mol. The lowest BCUT2D eigenvalue weighted by molar-refractivity contribution is 0.610. The molecular formula is C17H13BrN2O. The smallest absolute Gasteiger partial charge is 0.266 e. The molecule has 0 amide bonds. The summed E-state index contributed by atoms with van der Waals surface area (Å²) >= 11 is 3.52. The van der Waals surface area contributed by atoms with E-state index in [4.69, 9.17) is 4.98 Å². The van der Waals surface area contributed by atoms with Crippen LogP contribution in [-0.2, 0) is 5.41 Å². The number of hydrogen-bond donors (Lipinski definition) is 0. The van der Waals surface area contributed by atoms with Crippen LogP contribution in [0, 0.1) is 0 Å². The topological polar surface area (TPSA) is 34.9 Å². The molecule has 2 heterocycles. The summed E-state index contributed by atoms with van der Waals surface area (Å²) in [4.78, 5) is 17.6. The van der Waals surface area contributed by atoms with E-state index in [1.807, 2.05) is 36.4 Å². The first-order chi connectivity index (χ1) is 10.00. The summed E-state index contributed by atoms with van der Waals surface area (Å²) in [7, 11) is 0. The molecule has 104 valence electrons. The van der Waals surface area contributed by atoms with Crippen LogP contribution < -0.4 is 5.56 Å². The first-order valence-corrected chi connectivity index (χ1v) is 7.62. The van der Waals surface area contributed by atoms with Crippen molar-refractivity contribution in [1.29, 1.82) is 0 Å². The predicted molar refractivity (Wildman–Crippen MR) is 87.2 cm³/mol. The van der Waals surface area contributed by atoms with E-state index < -0.39 is 0 Å². The van der Waals surface area contributed by atoms with Crippen LogP contribution in [0.15, 0.2) is 51.7 Å². The van der Waals surface area contributed by atoms with E-state index in [1.54, 1.807) is 4.57 Å². The highest BCUT2D eigenvalue weighted by molar-refractivity contribution is 9.10. The van der Waals surface area contributed by atoms with E-state index in [0.717, 1.165) is 27.1 Å². The average molecular weight is 341 g/mol. The third-order valence-corrected chi connectivity index (χ3v) is 4.70. The zero-order chi connectivity index (χ0) is 14.8. The fraction of sp³-hybridized carbons (Fsp3) is 0.176. The number of aromatic nitrogens is 2. The summed E-state index contributed by atoms with van der Waals surface area (Å²) in [5, 5.41) is 0.660. The molecule has 0 bridgehead atoms. The van der Waals surface area contributed by atoms with Gasteiger partial charge in [-0.05, 0) is 49.7 Å². The average Bonchev–Trinajstić information content (AvgIpc) is 2.68. The molecule has 0 aliphatic carbocycles. The normalized spacial score (nSPS) is 15.0. The lowest BCUT2D eigenvalue weighted by atomic mass is 9.85. The SMILES string of the molecule is CC1(C)c2cc(Br)ccc2-n2c1nc1ccccc1c2=O. The fourth-order valence-corrected chi connectivity index (χ4v) is 3.46. The van der Waals surface area contributed by atoms with Gasteiger partial charge in [-0.2, -0.15) is 0 Å². The monoisotopic (exact) mass is 340 g/mol. The molecule has 3 aromatic rings. The van der Waals surface area contributed by atoms with Crippen molar-refractivity contribution >= 4 is 26.8 Å². The van der Waals surface area contributed by atoms with Crippen molar-refractivity contribution in [3.63, 3.8) is 0 Å². The standard InChI is InChI=1S/C17H13BrN2O/c1-17(2)12-9-10(18)7-8-14(12)20-15(21)11-5-3-4-6-13(11)19-16(17)20/h3-9H,1-2H3. The van der Waals surface area contributed by atoms with Gasteiger partial charge >= 0.3 is 0 Å². The number of benzene rings is 2. The van der Waals surface area contributed by atoms with Crippen LogP contribution in [0.25, 0.3) is 16.6 Å². The number of rotatable bonds is 0. The first-order valence-electron chi connectivity index (χ1n) is 6.83. The van der Waals surface area contributed by atoms with E-state index in [9.17, 15) is 4.79 Å². The molecule has 2 aromatic carbocycles. The van der Waals surface area contributed by atoms with Crippen LogP contribution in [0.5, 0.6) is 0 Å². The third kappa shape index (κ3) is 1.59. The summed E-state index contributed by atoms with van der Waals surface area (Å²) in [6.07, 6.45) is 0. The quantitative estimate of drug-likeness (QED) is 0.624. The highest BCUT2D eigenvalue weighted by atomic mass is 79.9. The Bertz CT molecular complexity index is 957. The Morgan fingerprint density at radius 2 is 1.90 bits per heavy atom. The Kier molecular flexibility index (Phi) is 2.46. The molecule has 0 saturated carbocycles. The van der Waals surface area contributed by atoms with E-state index in [1.165, 1.54) is 0 Å². The van der Waals surface area contributed by atoms with Gasteiger partial charge in [0, 0.05) is 4.47 Å². The molecule has 0 fully saturated rings. The van der Waals surface area contributed by atoms with E-state index in [-0.39, 0.29) is 11.0 Å². The molecule has 0 atom stereocenters. The minimum Gasteiger partial charge on any atom is -0.268 e. The minimum atomic E-state index is -0.289. The second-order valence-corrected chi connectivity index (χ2v) is 6.80. The van der Waals surface area contributed by atoms with Gasteiger partial charge in [0.05, 0.1) is 22.0 Å². The second-order valence-electron chi connectivity index (χ2n) is 5.88. The van der Waals surface area contributed by atoms with Gasteiger partial charge in [0.1, 0.15) is 5.82 Å². The zero-order valence-electron chi connectivity index (χ0n) is 11.7. The molecule has 0 spiro atoms. The van der Waals surface area contributed by atoms with Crippen molar-refractivity contribution in [3.8, 4) is 5.69 Å². The Morgan fingerprint density at radius 3 is 2.71 bits per heavy atom. The highest BCUT2D eigenvalue weighted by Crippen LogP contribution is 2.41. The second kappa shape index (κ2) is 4.04. The summed E-state index contributed by atoms with van der Waals surface area (Å²) in [5.41, 5.74) is 2.53. The van der Waals surface area contributed by atoms with Crippen LogP contribution in [0.2, 0.25) is 0 Å². The number of nitrogens with zero attached hydrogens (tertiary/aromatic N) is 2. The Balaban J connectivity index is 2.21. The van der Waals surface area contributed by atoms with Crippen LogP contribution in [0.4, 0.5) is 0 Å². The molecule has 4 rings (SSSR count). The molecule has 0 radical (unpaired) electrons. The van der Waals surface area contributed by atoms with Gasteiger partial charge in [-0.25, -0.2) is 4.98 Å². The fourth-order valence-electron chi connectivity index (χ4n) is 3.10. The van der Waals surface area contributed by atoms with Crippen molar-refractivity contribution in [2.75, 3.05) is 0 Å². The third-order valence-electron chi connectivity index (χ3n) is 4.21. The lowest BCUT2D eigenvalue weighted by Gasteiger charge is -2.18. The van der Waals surface area contributed by atoms with Gasteiger partial charge in [-0.15, -0.1) is 0 Å². The van der Waals surface area contributed by atoms with Gasteiger partial charge < -0.3 is 0 Å². The summed E-state index contributed by atoms with van der Waals surface area (Å²) in [6, 6.07) is 13.5. The van der Waals surface area contributed by atoms with Crippen molar-refractivity contribution in [1.82, 2.24) is 9.55 Å². The summed E-state index contributed by atoms with van der Waals surface area (Å²) in [6.45, 7) is 4.22. The predicted octanol–water partition coefficient (Wildman–Crippen LogP) is 3.79. The highest BCUT2D eigenvalue weighted by Gasteiger charge is 2.38. The van der Waals surface area contributed by atoms with E-state index >= 15 is 0 Å². The van der Waals surface area contributed by atoms with Crippen LogP contribution >= 0.6 is 15.9 Å². The van der Waals surface area contributed by atoms with Gasteiger partial charge in [0.15, 0.2) is 0 Å². The largest absolute Gasteiger partial charge is 0.268 e. The van der Waals surface area contributed by atoms with Crippen molar-refractivity contribution < 1.29 is 0 Å². The van der Waals surface area contributed by atoms with E-state index in [2.05, 4.69) is 35.8 Å². The van der Waals surface area contributed by atoms with Crippen molar-refractivity contribution in [2.45, 2.75) is 19.3 Å². The number of halogens is 1. The maximum atomic E-state index is 12.9. The van der Waals surface area contributed by atoms with Gasteiger partial charge in [-0.1, -0.05) is 28.1 Å². The number of hydrogen-bond acceptors (Lipinski definition) is 2. The van der Waals surface area contributed by atoms with Gasteiger partial charge in [0.25, 0.3) is 5.56 Å². The summed E-state index contributed by atoms with van der Waals surface area (Å²) in [5.74, 6) is 0.805. The first kappa shape index (κ1) is 12.8. The van der Waals surface area contributed by atoms with Gasteiger partial charge in [0.2, 0.25) is 0 Å². The maximum absolute atomic E-state index is 12.9. The molecule has 1 aliphatic rings. The summed E-state index contributed by atoms with van der Waals surface area (Å²) < 4.78 is 2.77. The molecule has 0 saturated heterocycles. The van der Waals surface area contributed by atoms with Crippen molar-refractivity contribution in [3.05, 3.63) is 68.7 Å². The molecule has 1 aliphatic heterocycles. The molecule has 3 nitrogen and oxygen atoms in total. The zero-order valence-corrected chi connectivity index (χ0v) is 13.3. The van der Waals surface area contributed by atoms with Crippen LogP contribution in [-0.4, -0.2) is 9.55 Å².